The monoisotopic (exact) mass is 625 g/mol. The Morgan fingerprint density at radius 2 is 1.98 bits per heavy atom. The Morgan fingerprint density at radius 3 is 2.73 bits per heavy atom. The van der Waals surface area contributed by atoms with Gasteiger partial charge in [-0.05, 0) is 37.1 Å². The van der Waals surface area contributed by atoms with Crippen LogP contribution in [0.15, 0.2) is 59.9 Å². The zero-order valence-electron chi connectivity index (χ0n) is 24.5. The lowest BCUT2D eigenvalue weighted by atomic mass is 10.2. The molecule has 0 spiro atoms. The quantitative estimate of drug-likeness (QED) is 0.0951. The number of hydrogen-bond donors (Lipinski definition) is 3. The number of pyridine rings is 2. The topological polar surface area (TPSA) is 166 Å². The van der Waals surface area contributed by atoms with E-state index in [9.17, 15) is 14.3 Å². The molecule has 0 amide bonds. The number of nitro groups is 1. The second-order valence-electron chi connectivity index (χ2n) is 9.88. The summed E-state index contributed by atoms with van der Waals surface area (Å²) in [7, 11) is -1.79. The van der Waals surface area contributed by atoms with Crippen molar-refractivity contribution in [2.24, 2.45) is 0 Å². The Labute approximate surface area is 256 Å². The molecule has 15 heteroatoms. The van der Waals surface area contributed by atoms with Gasteiger partial charge in [0.05, 0.1) is 47.7 Å². The molecule has 2 atom stereocenters. The molecule has 5 rings (SSSR count). The van der Waals surface area contributed by atoms with Gasteiger partial charge in [-0.2, -0.15) is 4.72 Å². The van der Waals surface area contributed by atoms with Gasteiger partial charge in [0.15, 0.2) is 18.7 Å². The van der Waals surface area contributed by atoms with Crippen LogP contribution in [0, 0.1) is 10.1 Å². The van der Waals surface area contributed by atoms with Gasteiger partial charge in [-0.15, -0.1) is 0 Å². The first-order valence-electron chi connectivity index (χ1n) is 14.3. The van der Waals surface area contributed by atoms with E-state index < -0.39 is 22.1 Å². The van der Waals surface area contributed by atoms with Crippen LogP contribution in [0.2, 0.25) is 0 Å². The van der Waals surface area contributed by atoms with Gasteiger partial charge in [0.2, 0.25) is 5.88 Å². The molecule has 234 valence electrons. The largest absolute Gasteiger partial charge is 0.461 e. The molecule has 4 heterocycles. The van der Waals surface area contributed by atoms with E-state index in [0.29, 0.717) is 30.6 Å². The van der Waals surface area contributed by atoms with Crippen LogP contribution in [0.1, 0.15) is 26.7 Å². The Kier molecular flexibility index (Phi) is 10.6. The number of nitrogens with zero attached hydrogens (tertiary/aromatic N) is 4. The minimum atomic E-state index is -1.79. The van der Waals surface area contributed by atoms with Crippen molar-refractivity contribution in [2.75, 3.05) is 49.9 Å². The predicted molar refractivity (Wildman–Crippen MR) is 166 cm³/mol. The van der Waals surface area contributed by atoms with Crippen LogP contribution in [0.4, 0.5) is 17.1 Å². The number of benzene rings is 1. The first kappa shape index (κ1) is 31.1. The summed E-state index contributed by atoms with van der Waals surface area (Å²) < 4.78 is 38.6. The van der Waals surface area contributed by atoms with Crippen molar-refractivity contribution >= 4 is 39.1 Å². The van der Waals surface area contributed by atoms with E-state index in [-0.39, 0.29) is 29.6 Å². The summed E-state index contributed by atoms with van der Waals surface area (Å²) in [6.07, 6.45) is 6.42. The molecule has 0 radical (unpaired) electrons. The lowest BCUT2D eigenvalue weighted by Gasteiger charge is -2.26. The van der Waals surface area contributed by atoms with Crippen molar-refractivity contribution in [3.8, 4) is 17.4 Å². The van der Waals surface area contributed by atoms with Crippen molar-refractivity contribution in [3.05, 3.63) is 65.1 Å². The zero-order chi connectivity index (χ0) is 30.9. The molecule has 44 heavy (non-hydrogen) atoms. The fourth-order valence-corrected chi connectivity index (χ4v) is 5.44. The summed E-state index contributed by atoms with van der Waals surface area (Å²) in [5.41, 5.74) is 1.59. The highest BCUT2D eigenvalue weighted by molar-refractivity contribution is 7.83. The van der Waals surface area contributed by atoms with Gasteiger partial charge in [-0.3, -0.25) is 10.1 Å². The summed E-state index contributed by atoms with van der Waals surface area (Å²) >= 11 is 0. The molecule has 1 unspecified atom stereocenters. The number of aromatic amines is 1. The van der Waals surface area contributed by atoms with Crippen molar-refractivity contribution in [1.29, 1.82) is 0 Å². The van der Waals surface area contributed by atoms with Crippen molar-refractivity contribution < 1.29 is 28.1 Å². The molecular formula is C29H35N7O7S. The Balaban J connectivity index is 1.27. The maximum atomic E-state index is 13.0. The third-order valence-corrected chi connectivity index (χ3v) is 7.74. The number of nitrogens with one attached hydrogen (secondary N) is 3. The second kappa shape index (κ2) is 14.9. The maximum absolute atomic E-state index is 13.0. The molecule has 0 bridgehead atoms. The number of rotatable bonds is 15. The number of nitro benzene ring substituents is 1. The van der Waals surface area contributed by atoms with E-state index in [1.165, 1.54) is 18.2 Å². The molecule has 3 N–H and O–H groups in total. The number of anilines is 2. The molecule has 3 aromatic heterocycles. The van der Waals surface area contributed by atoms with Crippen LogP contribution in [0.3, 0.4) is 0 Å². The zero-order valence-corrected chi connectivity index (χ0v) is 25.3. The molecular weight excluding hydrogens is 590 g/mol. The average Bonchev–Trinajstić information content (AvgIpc) is 3.50. The lowest BCUT2D eigenvalue weighted by molar-refractivity contribution is -0.384. The smallest absolute Gasteiger partial charge is 0.293 e. The van der Waals surface area contributed by atoms with E-state index in [1.807, 2.05) is 18.3 Å². The van der Waals surface area contributed by atoms with Crippen LogP contribution in [-0.2, 0) is 20.5 Å². The van der Waals surface area contributed by atoms with Crippen molar-refractivity contribution in [3.63, 3.8) is 0 Å². The van der Waals surface area contributed by atoms with E-state index >= 15 is 0 Å². The van der Waals surface area contributed by atoms with Gasteiger partial charge in [0, 0.05) is 36.8 Å². The van der Waals surface area contributed by atoms with Crippen molar-refractivity contribution in [2.45, 2.75) is 37.8 Å². The Hall–Kier alpha value is -4.31. The van der Waals surface area contributed by atoms with Crippen LogP contribution in [-0.4, -0.2) is 70.0 Å². The van der Waals surface area contributed by atoms with Crippen LogP contribution in [0.25, 0.3) is 11.0 Å². The minimum absolute atomic E-state index is 0.157. The maximum Gasteiger partial charge on any atom is 0.293 e. The highest BCUT2D eigenvalue weighted by atomic mass is 32.2. The van der Waals surface area contributed by atoms with Gasteiger partial charge in [-0.25, -0.2) is 14.2 Å². The summed E-state index contributed by atoms with van der Waals surface area (Å²) in [4.78, 5) is 25.5. The van der Waals surface area contributed by atoms with E-state index in [1.54, 1.807) is 18.5 Å². The average molecular weight is 626 g/mol. The SMILES string of the molecule is CCCN(CCC)c1cc(OCNS(=O)c2ccc(N[C@H]3COCCO3)c([N+](=O)[O-])c2)ncc1Oc1cnc2[nH]ccc2c1. The van der Waals surface area contributed by atoms with Gasteiger partial charge in [0.1, 0.15) is 28.1 Å². The molecule has 1 saturated heterocycles. The van der Waals surface area contributed by atoms with Crippen LogP contribution < -0.4 is 24.4 Å². The molecule has 1 aliphatic rings. The normalized spacial score (nSPS) is 15.5. The third-order valence-electron chi connectivity index (χ3n) is 6.67. The first-order valence-corrected chi connectivity index (χ1v) is 15.5. The number of H-pyrrole nitrogens is 1. The highest BCUT2D eigenvalue weighted by Gasteiger charge is 2.22. The number of aromatic nitrogens is 3. The number of ether oxygens (including phenoxy) is 4. The second-order valence-corrected chi connectivity index (χ2v) is 11.2. The Bertz CT molecular complexity index is 1590. The van der Waals surface area contributed by atoms with Gasteiger partial charge >= 0.3 is 0 Å². The van der Waals surface area contributed by atoms with Crippen molar-refractivity contribution in [1.82, 2.24) is 19.7 Å². The third kappa shape index (κ3) is 7.79. The predicted octanol–water partition coefficient (Wildman–Crippen LogP) is 4.72. The summed E-state index contributed by atoms with van der Waals surface area (Å²) in [6, 6.07) is 9.91. The lowest BCUT2D eigenvalue weighted by Crippen LogP contribution is -2.35. The van der Waals surface area contributed by atoms with Crippen LogP contribution in [0.5, 0.6) is 17.4 Å². The van der Waals surface area contributed by atoms with E-state index in [0.717, 1.165) is 42.7 Å². The van der Waals surface area contributed by atoms with E-state index in [4.69, 9.17) is 18.9 Å². The van der Waals surface area contributed by atoms with Gasteiger partial charge in [-0.1, -0.05) is 13.8 Å². The number of hydrogen-bond acceptors (Lipinski definition) is 11. The fourth-order valence-electron chi connectivity index (χ4n) is 4.70. The minimum Gasteiger partial charge on any atom is -0.461 e. The Morgan fingerprint density at radius 1 is 1.14 bits per heavy atom. The van der Waals surface area contributed by atoms with Gasteiger partial charge in [0.25, 0.3) is 5.69 Å². The standard InChI is InChI=1S/C29H35N7O7S/c1-3-9-35(10-4-2)25-15-27(31-17-26(25)43-21-13-20-7-8-30-29(20)32-16-21)42-19-33-44(39)22-5-6-23(24(14-22)36(37)38)34-28-18-40-11-12-41-28/h5-8,13-17,28,33-34H,3-4,9-12,18-19H2,1-2H3,(H,30,32)/t28-,44?/m1/s1. The molecule has 14 nitrogen and oxygen atoms in total. The first-order chi connectivity index (χ1) is 21.4. The fraction of sp³-hybridized carbons (Fsp3) is 0.379. The van der Waals surface area contributed by atoms with E-state index in [2.05, 4.69) is 43.7 Å². The molecule has 0 aliphatic carbocycles. The molecule has 1 aliphatic heterocycles. The summed E-state index contributed by atoms with van der Waals surface area (Å²) in [5, 5.41) is 15.6. The molecule has 0 saturated carbocycles. The summed E-state index contributed by atoms with van der Waals surface area (Å²) in [5.74, 6) is 1.43. The number of fused-ring (bicyclic) bond motifs is 1. The summed E-state index contributed by atoms with van der Waals surface area (Å²) in [6.45, 7) is 6.78. The molecule has 4 aromatic rings. The molecule has 1 fully saturated rings. The van der Waals surface area contributed by atoms with Crippen LogP contribution >= 0.6 is 0 Å². The molecule has 1 aromatic carbocycles. The highest BCUT2D eigenvalue weighted by Crippen LogP contribution is 2.35. The van der Waals surface area contributed by atoms with Gasteiger partial charge < -0.3 is 34.1 Å².